The summed E-state index contributed by atoms with van der Waals surface area (Å²) in [5.41, 5.74) is -0.856. The minimum atomic E-state index is -5.05. The van der Waals surface area contributed by atoms with E-state index in [4.69, 9.17) is 23.7 Å². The summed E-state index contributed by atoms with van der Waals surface area (Å²) < 4.78 is 72.0. The Morgan fingerprint density at radius 2 is 1.53 bits per heavy atom. The molecule has 6 rings (SSSR count). The number of carbonyl (C=O) groups excluding carboxylic acids is 3. The highest BCUT2D eigenvalue weighted by Crippen LogP contribution is 2.51. The molecule has 0 N–H and O–H groups in total. The van der Waals surface area contributed by atoms with Crippen LogP contribution in [-0.4, -0.2) is 54.3 Å². The summed E-state index contributed by atoms with van der Waals surface area (Å²) in [6, 6.07) is 20.1. The van der Waals surface area contributed by atoms with Crippen molar-refractivity contribution in [3.63, 3.8) is 0 Å². The summed E-state index contributed by atoms with van der Waals surface area (Å²) >= 11 is 0. The fourth-order valence-electron chi connectivity index (χ4n) is 5.57. The number of rotatable bonds is 7. The molecule has 2 bridgehead atoms. The monoisotopic (exact) mass is 622 g/mol. The van der Waals surface area contributed by atoms with Gasteiger partial charge in [0.05, 0.1) is 5.56 Å². The van der Waals surface area contributed by atoms with E-state index in [1.54, 1.807) is 54.6 Å². The van der Waals surface area contributed by atoms with E-state index in [1.807, 2.05) is 6.07 Å². The molecule has 0 aromatic heterocycles. The van der Waals surface area contributed by atoms with Crippen LogP contribution in [0.25, 0.3) is 0 Å². The molecule has 12 heteroatoms. The van der Waals surface area contributed by atoms with Crippen molar-refractivity contribution in [2.75, 3.05) is 0 Å². The average Bonchev–Trinajstić information content (AvgIpc) is 3.61. The lowest BCUT2D eigenvalue weighted by Gasteiger charge is -2.27. The molecule has 6 unspecified atom stereocenters. The van der Waals surface area contributed by atoms with E-state index in [-0.39, 0.29) is 11.3 Å². The first kappa shape index (κ1) is 30.0. The van der Waals surface area contributed by atoms with Crippen molar-refractivity contribution >= 4 is 17.9 Å². The Labute approximate surface area is 255 Å². The molecule has 3 aliphatic heterocycles. The van der Waals surface area contributed by atoms with E-state index >= 15 is 0 Å². The normalized spacial score (nSPS) is 24.7. The molecule has 6 atom stereocenters. The SMILES string of the molecule is CC(C)(C#Cc1ccccc1)Oc1cc(C(=O)OC2C3OC(=O)C4C3OC2C4C(=O)Oc2ccccc2)ccc1OC(F)(F)F. The van der Waals surface area contributed by atoms with Crippen LogP contribution in [0.4, 0.5) is 13.2 Å². The minimum Gasteiger partial charge on any atom is -0.471 e. The van der Waals surface area contributed by atoms with Gasteiger partial charge in [0, 0.05) is 5.56 Å². The first-order valence-corrected chi connectivity index (χ1v) is 13.9. The van der Waals surface area contributed by atoms with Crippen LogP contribution in [0.2, 0.25) is 0 Å². The predicted molar refractivity (Wildman–Crippen MR) is 148 cm³/mol. The van der Waals surface area contributed by atoms with Gasteiger partial charge in [-0.25, -0.2) is 4.79 Å². The van der Waals surface area contributed by atoms with Crippen LogP contribution < -0.4 is 14.2 Å². The maximum Gasteiger partial charge on any atom is 0.573 e. The molecule has 0 spiro atoms. The maximum absolute atomic E-state index is 13.3. The fourth-order valence-corrected chi connectivity index (χ4v) is 5.57. The topological polar surface area (TPSA) is 107 Å². The summed E-state index contributed by atoms with van der Waals surface area (Å²) in [7, 11) is 0. The smallest absolute Gasteiger partial charge is 0.471 e. The maximum atomic E-state index is 13.3. The highest BCUT2D eigenvalue weighted by Gasteiger charge is 2.72. The van der Waals surface area contributed by atoms with Gasteiger partial charge in [0.15, 0.2) is 29.3 Å². The van der Waals surface area contributed by atoms with Crippen LogP contribution >= 0.6 is 0 Å². The molecule has 3 saturated heterocycles. The molecule has 0 aliphatic carbocycles. The van der Waals surface area contributed by atoms with Gasteiger partial charge in [-0.2, -0.15) is 0 Å². The molecule has 3 aromatic rings. The van der Waals surface area contributed by atoms with Gasteiger partial charge in [0.25, 0.3) is 0 Å². The van der Waals surface area contributed by atoms with Crippen LogP contribution in [-0.2, 0) is 23.8 Å². The Morgan fingerprint density at radius 1 is 0.844 bits per heavy atom. The van der Waals surface area contributed by atoms with Gasteiger partial charge >= 0.3 is 24.3 Å². The van der Waals surface area contributed by atoms with Gasteiger partial charge in [0.2, 0.25) is 0 Å². The first-order chi connectivity index (χ1) is 21.4. The van der Waals surface area contributed by atoms with Crippen molar-refractivity contribution in [1.29, 1.82) is 0 Å². The van der Waals surface area contributed by atoms with Crippen molar-refractivity contribution < 1.29 is 56.0 Å². The van der Waals surface area contributed by atoms with E-state index in [2.05, 4.69) is 16.6 Å². The third-order valence-corrected chi connectivity index (χ3v) is 7.43. The molecule has 3 fully saturated rings. The molecule has 3 aliphatic rings. The lowest BCUT2D eigenvalue weighted by molar-refractivity contribution is -0.275. The van der Waals surface area contributed by atoms with Crippen molar-refractivity contribution in [3.05, 3.63) is 90.0 Å². The molecule has 3 heterocycles. The second kappa shape index (κ2) is 11.5. The summed E-state index contributed by atoms with van der Waals surface area (Å²) in [6.07, 6.45) is -9.08. The zero-order valence-electron chi connectivity index (χ0n) is 23.8. The summed E-state index contributed by atoms with van der Waals surface area (Å²) in [6.45, 7) is 3.08. The average molecular weight is 623 g/mol. The van der Waals surface area contributed by atoms with Crippen LogP contribution in [0, 0.1) is 23.7 Å². The fraction of sp³-hybridized carbons (Fsp3) is 0.303. The Hall–Kier alpha value is -5.02. The molecular formula is C33H25F3O9. The summed E-state index contributed by atoms with van der Waals surface area (Å²) in [5.74, 6) is 0.449. The molecule has 232 valence electrons. The standard InChI is InChI=1S/C33H25F3O9/c1-32(2,16-15-18-9-5-3-6-10-18)44-22-17-19(13-14-21(22)45-33(34,35)36)29(37)42-27-25-23(24-26(41-25)28(27)43-31(24)39)30(38)40-20-11-7-4-8-12-20/h3-14,17,23-28H,1-2H3. The first-order valence-electron chi connectivity index (χ1n) is 13.9. The Kier molecular flexibility index (Phi) is 7.66. The molecule has 0 amide bonds. The lowest BCUT2D eigenvalue weighted by Crippen LogP contribution is -2.48. The summed E-state index contributed by atoms with van der Waals surface area (Å²) in [4.78, 5) is 39.1. The number of hydrogen-bond acceptors (Lipinski definition) is 9. The number of hydrogen-bond donors (Lipinski definition) is 0. The zero-order valence-corrected chi connectivity index (χ0v) is 23.8. The molecule has 0 radical (unpaired) electrons. The van der Waals surface area contributed by atoms with E-state index in [0.717, 1.165) is 18.2 Å². The van der Waals surface area contributed by atoms with E-state index in [9.17, 15) is 27.6 Å². The van der Waals surface area contributed by atoms with Crippen molar-refractivity contribution in [2.24, 2.45) is 11.8 Å². The number of alkyl halides is 3. The molecule has 9 nitrogen and oxygen atoms in total. The number of para-hydroxylation sites is 1. The third kappa shape index (κ3) is 6.30. The van der Waals surface area contributed by atoms with Crippen molar-refractivity contribution in [3.8, 4) is 29.1 Å². The minimum absolute atomic E-state index is 0.196. The number of ether oxygens (including phenoxy) is 6. The van der Waals surface area contributed by atoms with Gasteiger partial charge in [0.1, 0.15) is 29.8 Å². The predicted octanol–water partition coefficient (Wildman–Crippen LogP) is 4.86. The largest absolute Gasteiger partial charge is 0.573 e. The number of halogens is 3. The number of esters is 3. The Morgan fingerprint density at radius 3 is 2.22 bits per heavy atom. The third-order valence-electron chi connectivity index (χ3n) is 7.43. The van der Waals surface area contributed by atoms with Gasteiger partial charge in [-0.15, -0.1) is 13.2 Å². The van der Waals surface area contributed by atoms with Gasteiger partial charge in [-0.05, 0) is 56.3 Å². The molecular weight excluding hydrogens is 597 g/mol. The molecule has 3 aromatic carbocycles. The number of carbonyl (C=O) groups is 3. The van der Waals surface area contributed by atoms with Crippen LogP contribution in [0.15, 0.2) is 78.9 Å². The van der Waals surface area contributed by atoms with E-state index < -0.39 is 77.6 Å². The number of fused-ring (bicyclic) bond motifs is 1. The quantitative estimate of drug-likeness (QED) is 0.207. The highest BCUT2D eigenvalue weighted by molar-refractivity contribution is 5.91. The van der Waals surface area contributed by atoms with E-state index in [1.165, 1.54) is 13.8 Å². The van der Waals surface area contributed by atoms with Crippen LogP contribution in [0.5, 0.6) is 17.2 Å². The van der Waals surface area contributed by atoms with Gasteiger partial charge in [-0.3, -0.25) is 9.59 Å². The second-order valence-electron chi connectivity index (χ2n) is 11.1. The summed E-state index contributed by atoms with van der Waals surface area (Å²) in [5, 5.41) is 0. The lowest BCUT2D eigenvalue weighted by atomic mass is 9.78. The van der Waals surface area contributed by atoms with Crippen LogP contribution in [0.1, 0.15) is 29.8 Å². The Balaban J connectivity index is 1.23. The van der Waals surface area contributed by atoms with Crippen molar-refractivity contribution in [2.45, 2.75) is 50.2 Å². The number of benzene rings is 3. The zero-order chi connectivity index (χ0) is 31.9. The Bertz CT molecular complexity index is 1680. The van der Waals surface area contributed by atoms with Crippen molar-refractivity contribution in [1.82, 2.24) is 0 Å². The molecule has 0 saturated carbocycles. The highest BCUT2D eigenvalue weighted by atomic mass is 19.4. The van der Waals surface area contributed by atoms with Gasteiger partial charge in [-0.1, -0.05) is 48.2 Å². The molecule has 45 heavy (non-hydrogen) atoms. The van der Waals surface area contributed by atoms with Crippen LogP contribution in [0.3, 0.4) is 0 Å². The van der Waals surface area contributed by atoms with E-state index in [0.29, 0.717) is 5.56 Å². The van der Waals surface area contributed by atoms with Gasteiger partial charge < -0.3 is 28.4 Å². The second-order valence-corrected chi connectivity index (χ2v) is 11.1.